The Morgan fingerprint density at radius 2 is 1.93 bits per heavy atom. The standard InChI is InChI=1S/C23H39N3.C3H6/c1-6-7-12-18(2)19(3)25(5)22-15-11-16-23(17-22)26(24)20(4)21-13-9-8-10-14-21;1-3-2/h6,8-9,13,19-20,22-23H,1-2,7,10-12,14-17,24H2,3-5H3;3H,1H2,2H3. The maximum absolute atomic E-state index is 6.61. The topological polar surface area (TPSA) is 32.5 Å². The van der Waals surface area contributed by atoms with E-state index in [1.807, 2.05) is 13.0 Å². The van der Waals surface area contributed by atoms with Gasteiger partial charge in [-0.2, -0.15) is 0 Å². The molecule has 0 spiro atoms. The Balaban J connectivity index is 0.00000132. The van der Waals surface area contributed by atoms with Gasteiger partial charge in [-0.25, -0.2) is 5.01 Å². The van der Waals surface area contributed by atoms with Gasteiger partial charge in [0.1, 0.15) is 0 Å². The van der Waals surface area contributed by atoms with Gasteiger partial charge in [0.25, 0.3) is 0 Å². The van der Waals surface area contributed by atoms with Gasteiger partial charge in [-0.1, -0.05) is 54.5 Å². The van der Waals surface area contributed by atoms with E-state index in [4.69, 9.17) is 5.84 Å². The highest BCUT2D eigenvalue weighted by molar-refractivity contribution is 5.22. The van der Waals surface area contributed by atoms with Crippen LogP contribution in [0.1, 0.15) is 72.1 Å². The Morgan fingerprint density at radius 3 is 2.52 bits per heavy atom. The van der Waals surface area contributed by atoms with E-state index in [-0.39, 0.29) is 0 Å². The van der Waals surface area contributed by atoms with Gasteiger partial charge >= 0.3 is 0 Å². The molecule has 0 heterocycles. The predicted molar refractivity (Wildman–Crippen MR) is 130 cm³/mol. The number of rotatable bonds is 9. The van der Waals surface area contributed by atoms with Crippen LogP contribution in [0.4, 0.5) is 0 Å². The minimum absolute atomic E-state index is 0.328. The first-order chi connectivity index (χ1) is 13.9. The van der Waals surface area contributed by atoms with E-state index < -0.39 is 0 Å². The van der Waals surface area contributed by atoms with E-state index in [0.717, 1.165) is 32.1 Å². The third kappa shape index (κ3) is 8.08. The summed E-state index contributed by atoms with van der Waals surface area (Å²) in [6.07, 6.45) is 19.6. The van der Waals surface area contributed by atoms with Crippen molar-refractivity contribution in [2.45, 2.75) is 96.3 Å². The summed E-state index contributed by atoms with van der Waals surface area (Å²) in [5, 5.41) is 2.14. The summed E-state index contributed by atoms with van der Waals surface area (Å²) in [6, 6.07) is 1.79. The van der Waals surface area contributed by atoms with E-state index in [9.17, 15) is 0 Å². The van der Waals surface area contributed by atoms with Crippen LogP contribution in [0.2, 0.25) is 0 Å². The Bertz CT molecular complexity index is 575. The van der Waals surface area contributed by atoms with Crippen LogP contribution in [0, 0.1) is 0 Å². The fourth-order valence-electron chi connectivity index (χ4n) is 4.36. The number of nitrogens with two attached hydrogens (primary N) is 1. The lowest BCUT2D eigenvalue weighted by Gasteiger charge is -2.43. The molecular weight excluding hydrogens is 354 g/mol. The van der Waals surface area contributed by atoms with Gasteiger partial charge in [0.2, 0.25) is 0 Å². The highest BCUT2D eigenvalue weighted by Gasteiger charge is 2.32. The molecule has 0 bridgehead atoms. The van der Waals surface area contributed by atoms with Crippen LogP contribution in [0.5, 0.6) is 0 Å². The van der Waals surface area contributed by atoms with E-state index in [2.05, 4.69) is 68.8 Å². The SMILES string of the molecule is C=CC.C=CCCC(=C)C(C)N(C)C1CCCC(N(N)C(C)C2=CC=CCC2)C1. The van der Waals surface area contributed by atoms with Crippen molar-refractivity contribution in [3.63, 3.8) is 0 Å². The zero-order valence-corrected chi connectivity index (χ0v) is 19.4. The van der Waals surface area contributed by atoms with E-state index in [1.165, 1.54) is 30.4 Å². The monoisotopic (exact) mass is 399 g/mol. The first-order valence-electron chi connectivity index (χ1n) is 11.3. The number of allylic oxidation sites excluding steroid dienone is 5. The number of hydrogen-bond donors (Lipinski definition) is 1. The minimum atomic E-state index is 0.328. The van der Waals surface area contributed by atoms with Crippen molar-refractivity contribution < 1.29 is 0 Å². The van der Waals surface area contributed by atoms with E-state index in [1.54, 1.807) is 6.08 Å². The summed E-state index contributed by atoms with van der Waals surface area (Å²) in [5.41, 5.74) is 2.78. The zero-order valence-electron chi connectivity index (χ0n) is 19.4. The molecule has 1 saturated carbocycles. The molecule has 0 saturated heterocycles. The number of hydrogen-bond acceptors (Lipinski definition) is 3. The molecule has 2 aliphatic rings. The van der Waals surface area contributed by atoms with Crippen LogP contribution in [0.25, 0.3) is 0 Å². The normalized spacial score (nSPS) is 23.6. The second-order valence-electron chi connectivity index (χ2n) is 8.54. The third-order valence-electron chi connectivity index (χ3n) is 6.52. The van der Waals surface area contributed by atoms with Crippen LogP contribution in [0.3, 0.4) is 0 Å². The molecule has 4 atom stereocenters. The van der Waals surface area contributed by atoms with Crippen LogP contribution in [-0.2, 0) is 0 Å². The average Bonchev–Trinajstić information content (AvgIpc) is 2.76. The fourth-order valence-corrected chi connectivity index (χ4v) is 4.36. The molecule has 164 valence electrons. The molecule has 4 unspecified atom stereocenters. The Hall–Kier alpha value is -1.42. The quantitative estimate of drug-likeness (QED) is 0.286. The second-order valence-corrected chi connectivity index (χ2v) is 8.54. The van der Waals surface area contributed by atoms with E-state index >= 15 is 0 Å². The molecule has 0 amide bonds. The van der Waals surface area contributed by atoms with Crippen molar-refractivity contribution in [1.82, 2.24) is 9.91 Å². The summed E-state index contributed by atoms with van der Waals surface area (Å²) in [7, 11) is 2.26. The number of hydrazine groups is 1. The molecule has 0 radical (unpaired) electrons. The van der Waals surface area contributed by atoms with Gasteiger partial charge in [0.15, 0.2) is 0 Å². The molecule has 0 aliphatic heterocycles. The van der Waals surface area contributed by atoms with Gasteiger partial charge in [-0.3, -0.25) is 10.7 Å². The average molecular weight is 400 g/mol. The molecule has 0 aromatic heterocycles. The minimum Gasteiger partial charge on any atom is -0.297 e. The van der Waals surface area contributed by atoms with Gasteiger partial charge in [-0.15, -0.1) is 13.2 Å². The van der Waals surface area contributed by atoms with Crippen molar-refractivity contribution in [1.29, 1.82) is 0 Å². The highest BCUT2D eigenvalue weighted by Crippen LogP contribution is 2.30. The highest BCUT2D eigenvalue weighted by atomic mass is 15.4. The van der Waals surface area contributed by atoms with Crippen molar-refractivity contribution in [2.24, 2.45) is 5.84 Å². The van der Waals surface area contributed by atoms with Gasteiger partial charge in [0, 0.05) is 24.2 Å². The molecular formula is C26H45N3. The number of nitrogens with zero attached hydrogens (tertiary/aromatic N) is 2. The lowest BCUT2D eigenvalue weighted by Crippen LogP contribution is -2.53. The molecule has 3 heteroatoms. The Labute approximate surface area is 180 Å². The van der Waals surface area contributed by atoms with Gasteiger partial charge in [-0.05, 0) is 72.8 Å². The van der Waals surface area contributed by atoms with Crippen molar-refractivity contribution >= 4 is 0 Å². The molecule has 0 aromatic rings. The Kier molecular flexibility index (Phi) is 12.1. The van der Waals surface area contributed by atoms with Crippen LogP contribution in [-0.4, -0.2) is 41.1 Å². The molecule has 1 fully saturated rings. The lowest BCUT2D eigenvalue weighted by molar-refractivity contribution is 0.0713. The summed E-state index contributed by atoms with van der Waals surface area (Å²) >= 11 is 0. The summed E-state index contributed by atoms with van der Waals surface area (Å²) < 4.78 is 0. The predicted octanol–water partition coefficient (Wildman–Crippen LogP) is 6.17. The fraction of sp³-hybridized carbons (Fsp3) is 0.615. The van der Waals surface area contributed by atoms with Crippen molar-refractivity contribution in [3.05, 3.63) is 61.3 Å². The summed E-state index contributed by atoms with van der Waals surface area (Å²) in [4.78, 5) is 2.53. The first kappa shape index (κ1) is 25.6. The maximum atomic E-state index is 6.61. The molecule has 29 heavy (non-hydrogen) atoms. The first-order valence-corrected chi connectivity index (χ1v) is 11.3. The summed E-state index contributed by atoms with van der Waals surface area (Å²) in [5.74, 6) is 6.61. The van der Waals surface area contributed by atoms with Gasteiger partial charge in [0.05, 0.1) is 0 Å². The largest absolute Gasteiger partial charge is 0.297 e. The van der Waals surface area contributed by atoms with Crippen molar-refractivity contribution in [2.75, 3.05) is 7.05 Å². The third-order valence-corrected chi connectivity index (χ3v) is 6.52. The summed E-state index contributed by atoms with van der Waals surface area (Å²) in [6.45, 7) is 17.9. The molecule has 0 aromatic carbocycles. The lowest BCUT2D eigenvalue weighted by atomic mass is 9.87. The van der Waals surface area contributed by atoms with Crippen molar-refractivity contribution in [3.8, 4) is 0 Å². The zero-order chi connectivity index (χ0) is 21.8. The van der Waals surface area contributed by atoms with Crippen LogP contribution < -0.4 is 5.84 Å². The van der Waals surface area contributed by atoms with Crippen LogP contribution in [0.15, 0.2) is 61.3 Å². The molecule has 2 aliphatic carbocycles. The smallest absolute Gasteiger partial charge is 0.0428 e. The van der Waals surface area contributed by atoms with Crippen LogP contribution >= 0.6 is 0 Å². The van der Waals surface area contributed by atoms with E-state index in [0.29, 0.717) is 24.2 Å². The molecule has 2 rings (SSSR count). The molecule has 3 nitrogen and oxygen atoms in total. The second kappa shape index (κ2) is 13.7. The molecule has 2 N–H and O–H groups in total. The number of likely N-dealkylation sites (N-methyl/N-ethyl adjacent to an activating group) is 1. The maximum Gasteiger partial charge on any atom is 0.0428 e. The van der Waals surface area contributed by atoms with Gasteiger partial charge < -0.3 is 0 Å². The Morgan fingerprint density at radius 1 is 1.28 bits per heavy atom.